The number of aliphatic hydroxyl groups is 1. The van der Waals surface area contributed by atoms with Crippen LogP contribution in [0, 0.1) is 3.57 Å². The zero-order valence-electron chi connectivity index (χ0n) is 10.5. The quantitative estimate of drug-likeness (QED) is 0.598. The lowest BCUT2D eigenvalue weighted by Crippen LogP contribution is -2.42. The summed E-state index contributed by atoms with van der Waals surface area (Å²) in [6.07, 6.45) is 4.36. The Morgan fingerprint density at radius 3 is 2.84 bits per heavy atom. The van der Waals surface area contributed by atoms with E-state index in [1.807, 2.05) is 6.07 Å². The Labute approximate surface area is 131 Å². The predicted octanol–water partition coefficient (Wildman–Crippen LogP) is 3.37. The topological polar surface area (TPSA) is 49.3 Å². The van der Waals surface area contributed by atoms with Crippen molar-refractivity contribution in [3.05, 3.63) is 32.4 Å². The second-order valence-corrected chi connectivity index (χ2v) is 6.51. The van der Waals surface area contributed by atoms with E-state index < -0.39 is 6.10 Å². The summed E-state index contributed by atoms with van der Waals surface area (Å²) in [6, 6.07) is 5.11. The Hall–Kier alpha value is -0.330. The molecule has 1 aliphatic rings. The first-order valence-electron chi connectivity index (χ1n) is 6.52. The molecular weight excluding hydrogens is 377 g/mol. The molecule has 0 heterocycles. The number of hydrogen-bond donors (Lipinski definition) is 2. The van der Waals surface area contributed by atoms with Crippen molar-refractivity contribution in [2.24, 2.45) is 0 Å². The molecule has 0 saturated heterocycles. The van der Waals surface area contributed by atoms with Gasteiger partial charge >= 0.3 is 0 Å². The zero-order chi connectivity index (χ0) is 13.8. The molecule has 1 amide bonds. The fraction of sp³-hybridized carbons (Fsp3) is 0.500. The number of halogens is 2. The molecule has 2 unspecified atom stereocenters. The Morgan fingerprint density at radius 2 is 2.05 bits per heavy atom. The van der Waals surface area contributed by atoms with Crippen LogP contribution in [-0.4, -0.2) is 23.2 Å². The van der Waals surface area contributed by atoms with Crippen molar-refractivity contribution >= 4 is 40.1 Å². The summed E-state index contributed by atoms with van der Waals surface area (Å²) >= 11 is 8.04. The van der Waals surface area contributed by atoms with Gasteiger partial charge < -0.3 is 10.4 Å². The monoisotopic (exact) mass is 393 g/mol. The van der Waals surface area contributed by atoms with Crippen LogP contribution in [0.3, 0.4) is 0 Å². The van der Waals surface area contributed by atoms with E-state index in [4.69, 9.17) is 11.6 Å². The van der Waals surface area contributed by atoms with Gasteiger partial charge in [0.25, 0.3) is 5.91 Å². The van der Waals surface area contributed by atoms with Crippen LogP contribution < -0.4 is 5.32 Å². The molecule has 3 nitrogen and oxygen atoms in total. The van der Waals surface area contributed by atoms with Crippen LogP contribution in [0.15, 0.2) is 18.2 Å². The van der Waals surface area contributed by atoms with Gasteiger partial charge in [0.15, 0.2) is 0 Å². The largest absolute Gasteiger partial charge is 0.391 e. The highest BCUT2D eigenvalue weighted by Crippen LogP contribution is 2.21. The third-order valence-corrected chi connectivity index (χ3v) is 4.64. The molecule has 104 valence electrons. The lowest BCUT2D eigenvalue weighted by molar-refractivity contribution is 0.0818. The number of benzene rings is 1. The smallest absolute Gasteiger partial charge is 0.252 e. The lowest BCUT2D eigenvalue weighted by atomic mass is 10.1. The summed E-state index contributed by atoms with van der Waals surface area (Å²) in [5.74, 6) is -0.155. The number of carbonyl (C=O) groups is 1. The van der Waals surface area contributed by atoms with Gasteiger partial charge in [-0.1, -0.05) is 30.9 Å². The molecule has 0 spiro atoms. The van der Waals surface area contributed by atoms with Gasteiger partial charge in [0, 0.05) is 8.59 Å². The fourth-order valence-corrected chi connectivity index (χ4v) is 3.13. The van der Waals surface area contributed by atoms with Crippen LogP contribution in [0.25, 0.3) is 0 Å². The van der Waals surface area contributed by atoms with Gasteiger partial charge in [0.1, 0.15) is 0 Å². The van der Waals surface area contributed by atoms with Crippen molar-refractivity contribution in [2.75, 3.05) is 0 Å². The Bertz CT molecular complexity index is 467. The molecule has 0 radical (unpaired) electrons. The molecule has 5 heteroatoms. The predicted molar refractivity (Wildman–Crippen MR) is 84.5 cm³/mol. The second-order valence-electron chi connectivity index (χ2n) is 4.91. The van der Waals surface area contributed by atoms with Crippen LogP contribution in [0.2, 0.25) is 5.02 Å². The summed E-state index contributed by atoms with van der Waals surface area (Å²) in [5, 5.41) is 13.5. The van der Waals surface area contributed by atoms with Crippen molar-refractivity contribution in [2.45, 2.75) is 44.2 Å². The Morgan fingerprint density at radius 1 is 1.32 bits per heavy atom. The highest BCUT2D eigenvalue weighted by Gasteiger charge is 2.24. The van der Waals surface area contributed by atoms with E-state index in [1.54, 1.807) is 12.1 Å². The lowest BCUT2D eigenvalue weighted by Gasteiger charge is -2.22. The van der Waals surface area contributed by atoms with Crippen molar-refractivity contribution in [3.8, 4) is 0 Å². The molecule has 1 saturated carbocycles. The molecule has 2 N–H and O–H groups in total. The molecule has 1 aromatic carbocycles. The standard InChI is InChI=1S/C14H17ClINO2/c15-9-6-7-11(16)10(8-9)14(19)17-12-4-2-1-3-5-13(12)18/h6-8,12-13,18H,1-5H2,(H,17,19). The number of amides is 1. The number of carbonyl (C=O) groups excluding carboxylic acids is 1. The van der Waals surface area contributed by atoms with Crippen LogP contribution in [0.4, 0.5) is 0 Å². The van der Waals surface area contributed by atoms with Crippen molar-refractivity contribution in [1.82, 2.24) is 5.32 Å². The summed E-state index contributed by atoms with van der Waals surface area (Å²) in [5.41, 5.74) is 0.574. The first-order chi connectivity index (χ1) is 9.08. The molecule has 1 aromatic rings. The van der Waals surface area contributed by atoms with Crippen LogP contribution in [0.5, 0.6) is 0 Å². The van der Waals surface area contributed by atoms with Crippen molar-refractivity contribution in [3.63, 3.8) is 0 Å². The number of hydrogen-bond acceptors (Lipinski definition) is 2. The van der Waals surface area contributed by atoms with Gasteiger partial charge in [0.2, 0.25) is 0 Å². The Kier molecular flexibility index (Phi) is 5.47. The third-order valence-electron chi connectivity index (χ3n) is 3.47. The SMILES string of the molecule is O=C(NC1CCCCCC1O)c1cc(Cl)ccc1I. The molecule has 1 fully saturated rings. The van der Waals surface area contributed by atoms with Gasteiger partial charge in [-0.05, 0) is 53.6 Å². The molecule has 0 aromatic heterocycles. The van der Waals surface area contributed by atoms with E-state index in [-0.39, 0.29) is 11.9 Å². The van der Waals surface area contributed by atoms with Crippen molar-refractivity contribution < 1.29 is 9.90 Å². The molecule has 2 rings (SSSR count). The number of aliphatic hydroxyl groups excluding tert-OH is 1. The maximum atomic E-state index is 12.3. The van der Waals surface area contributed by atoms with Gasteiger partial charge in [0.05, 0.1) is 17.7 Å². The molecule has 0 aliphatic heterocycles. The van der Waals surface area contributed by atoms with E-state index in [9.17, 15) is 9.90 Å². The molecular formula is C14H17ClINO2. The van der Waals surface area contributed by atoms with E-state index in [0.717, 1.165) is 35.7 Å². The highest BCUT2D eigenvalue weighted by molar-refractivity contribution is 14.1. The zero-order valence-corrected chi connectivity index (χ0v) is 13.4. The van der Waals surface area contributed by atoms with Gasteiger partial charge in [-0.3, -0.25) is 4.79 Å². The van der Waals surface area contributed by atoms with E-state index in [2.05, 4.69) is 27.9 Å². The number of rotatable bonds is 2. The average molecular weight is 394 g/mol. The molecule has 1 aliphatic carbocycles. The number of nitrogens with one attached hydrogen (secondary N) is 1. The Balaban J connectivity index is 2.09. The highest BCUT2D eigenvalue weighted by atomic mass is 127. The van der Waals surface area contributed by atoms with E-state index in [0.29, 0.717) is 10.6 Å². The third kappa shape index (κ3) is 4.07. The van der Waals surface area contributed by atoms with Gasteiger partial charge in [-0.15, -0.1) is 0 Å². The first-order valence-corrected chi connectivity index (χ1v) is 7.97. The van der Waals surface area contributed by atoms with Crippen LogP contribution >= 0.6 is 34.2 Å². The van der Waals surface area contributed by atoms with E-state index >= 15 is 0 Å². The minimum atomic E-state index is -0.441. The second kappa shape index (κ2) is 6.90. The van der Waals surface area contributed by atoms with Crippen LogP contribution in [-0.2, 0) is 0 Å². The first kappa shape index (κ1) is 15.1. The maximum Gasteiger partial charge on any atom is 0.252 e. The van der Waals surface area contributed by atoms with Crippen LogP contribution in [0.1, 0.15) is 42.5 Å². The summed E-state index contributed by atoms with van der Waals surface area (Å²) in [4.78, 5) is 12.3. The van der Waals surface area contributed by atoms with E-state index in [1.165, 1.54) is 0 Å². The average Bonchev–Trinajstić information content (AvgIpc) is 2.58. The van der Waals surface area contributed by atoms with Gasteiger partial charge in [-0.25, -0.2) is 0 Å². The minimum absolute atomic E-state index is 0.148. The van der Waals surface area contributed by atoms with Gasteiger partial charge in [-0.2, -0.15) is 0 Å². The normalized spacial score (nSPS) is 23.7. The van der Waals surface area contributed by atoms with Crippen molar-refractivity contribution in [1.29, 1.82) is 0 Å². The summed E-state index contributed by atoms with van der Waals surface area (Å²) in [7, 11) is 0. The maximum absolute atomic E-state index is 12.3. The molecule has 0 bridgehead atoms. The molecule has 19 heavy (non-hydrogen) atoms. The summed E-state index contributed by atoms with van der Waals surface area (Å²) < 4.78 is 0.864. The fourth-order valence-electron chi connectivity index (χ4n) is 2.37. The minimum Gasteiger partial charge on any atom is -0.391 e. The molecule has 2 atom stereocenters. The summed E-state index contributed by atoms with van der Waals surface area (Å²) in [6.45, 7) is 0.